The number of hydrogen-bond acceptors (Lipinski definition) is 5. The van der Waals surface area contributed by atoms with Gasteiger partial charge in [-0.2, -0.15) is 0 Å². The van der Waals surface area contributed by atoms with Crippen LogP contribution in [-0.4, -0.2) is 23.0 Å². The van der Waals surface area contributed by atoms with Crippen LogP contribution in [0.15, 0.2) is 34.1 Å². The lowest BCUT2D eigenvalue weighted by molar-refractivity contribution is -0.161. The van der Waals surface area contributed by atoms with Gasteiger partial charge in [0, 0.05) is 31.3 Å². The molecule has 4 rings (SSSR count). The predicted molar refractivity (Wildman–Crippen MR) is 93.3 cm³/mol. The van der Waals surface area contributed by atoms with Gasteiger partial charge in [0.1, 0.15) is 17.4 Å². The molecule has 1 fully saturated rings. The molecule has 0 saturated heterocycles. The molecule has 2 heterocycles. The molecule has 2 aliphatic carbocycles. The summed E-state index contributed by atoms with van der Waals surface area (Å²) in [6.07, 6.45) is 2.90. The molecule has 0 bridgehead atoms. The van der Waals surface area contributed by atoms with Crippen molar-refractivity contribution in [2.45, 2.75) is 64.9 Å². The van der Waals surface area contributed by atoms with Gasteiger partial charge >= 0.3 is 0 Å². The fraction of sp³-hybridized carbons (Fsp3) is 0.571. The fourth-order valence-corrected chi connectivity index (χ4v) is 4.73. The standard InChI is InChI=1S/C21H24O5/c1-19(2)8-12(22)17-14(9-19)26-21(18(17)13-6-5-7-25-13)15(23)10-20(3,4)11-16(21)24/h5-7,18H,8-11H2,1-4H3. The minimum Gasteiger partial charge on any atom is -0.474 e. The molecule has 1 aromatic heterocycles. The lowest BCUT2D eigenvalue weighted by Crippen LogP contribution is -2.57. The Labute approximate surface area is 152 Å². The number of ketones is 3. The highest BCUT2D eigenvalue weighted by molar-refractivity contribution is 6.17. The Balaban J connectivity index is 1.89. The summed E-state index contributed by atoms with van der Waals surface area (Å²) in [6, 6.07) is 3.43. The molecule has 1 atom stereocenters. The molecule has 0 amide bonds. The molecule has 3 aliphatic rings. The molecule has 1 saturated carbocycles. The van der Waals surface area contributed by atoms with E-state index in [1.165, 1.54) is 6.26 Å². The van der Waals surface area contributed by atoms with Crippen molar-refractivity contribution in [2.24, 2.45) is 10.8 Å². The van der Waals surface area contributed by atoms with Gasteiger partial charge in [0.2, 0.25) is 5.60 Å². The van der Waals surface area contributed by atoms with Crippen LogP contribution in [0.25, 0.3) is 0 Å². The van der Waals surface area contributed by atoms with Crippen molar-refractivity contribution in [3.05, 3.63) is 35.5 Å². The average Bonchev–Trinajstić information content (AvgIpc) is 3.08. The lowest BCUT2D eigenvalue weighted by Gasteiger charge is -2.40. The molecule has 0 radical (unpaired) electrons. The first kappa shape index (κ1) is 17.3. The van der Waals surface area contributed by atoms with Gasteiger partial charge in [-0.3, -0.25) is 14.4 Å². The topological polar surface area (TPSA) is 73.6 Å². The second-order valence-electron chi connectivity index (χ2n) is 9.43. The van der Waals surface area contributed by atoms with Crippen molar-refractivity contribution >= 4 is 17.3 Å². The van der Waals surface area contributed by atoms with E-state index in [9.17, 15) is 14.4 Å². The molecule has 0 aromatic carbocycles. The molecule has 1 unspecified atom stereocenters. The first-order chi connectivity index (χ1) is 12.1. The number of carbonyl (C=O) groups is 3. The minimum atomic E-state index is -1.64. The SMILES string of the molecule is CC1(C)CC(=O)C2(OC3=C(C(=O)CC(C)(C)C3)C2c2ccco2)C(=O)C1. The van der Waals surface area contributed by atoms with E-state index >= 15 is 0 Å². The number of furan rings is 1. The maximum Gasteiger partial charge on any atom is 0.238 e. The van der Waals surface area contributed by atoms with Crippen molar-refractivity contribution in [3.63, 3.8) is 0 Å². The predicted octanol–water partition coefficient (Wildman–Crippen LogP) is 3.73. The van der Waals surface area contributed by atoms with Crippen molar-refractivity contribution in [3.8, 4) is 0 Å². The van der Waals surface area contributed by atoms with Crippen molar-refractivity contribution in [1.82, 2.24) is 0 Å². The van der Waals surface area contributed by atoms with Crippen molar-refractivity contribution in [2.75, 3.05) is 0 Å². The number of carbonyl (C=O) groups excluding carboxylic acids is 3. The summed E-state index contributed by atoms with van der Waals surface area (Å²) < 4.78 is 11.7. The van der Waals surface area contributed by atoms with Gasteiger partial charge in [-0.05, 0) is 23.0 Å². The summed E-state index contributed by atoms with van der Waals surface area (Å²) in [5.74, 6) is -0.383. The first-order valence-electron chi connectivity index (χ1n) is 9.11. The normalized spacial score (nSPS) is 29.1. The Morgan fingerprint density at radius 3 is 2.12 bits per heavy atom. The van der Waals surface area contributed by atoms with Crippen LogP contribution < -0.4 is 0 Å². The number of hydrogen-bond donors (Lipinski definition) is 0. The van der Waals surface area contributed by atoms with Crippen LogP contribution in [0, 0.1) is 10.8 Å². The van der Waals surface area contributed by atoms with Crippen LogP contribution in [-0.2, 0) is 19.1 Å². The van der Waals surface area contributed by atoms with Gasteiger partial charge in [0.05, 0.1) is 6.26 Å². The molecular weight excluding hydrogens is 332 g/mol. The van der Waals surface area contributed by atoms with Gasteiger partial charge in [-0.25, -0.2) is 0 Å². The van der Waals surface area contributed by atoms with E-state index in [0.717, 1.165) is 0 Å². The number of ether oxygens (including phenoxy) is 1. The molecule has 138 valence electrons. The van der Waals surface area contributed by atoms with Crippen LogP contribution in [0.5, 0.6) is 0 Å². The Morgan fingerprint density at radius 2 is 1.54 bits per heavy atom. The lowest BCUT2D eigenvalue weighted by atomic mass is 9.62. The Hall–Kier alpha value is -2.17. The summed E-state index contributed by atoms with van der Waals surface area (Å²) in [6.45, 7) is 7.82. The maximum absolute atomic E-state index is 13.2. The first-order valence-corrected chi connectivity index (χ1v) is 9.11. The van der Waals surface area contributed by atoms with Crippen LogP contribution in [0.1, 0.15) is 65.1 Å². The quantitative estimate of drug-likeness (QED) is 0.717. The fourth-order valence-electron chi connectivity index (χ4n) is 4.73. The molecule has 1 aromatic rings. The average molecular weight is 356 g/mol. The van der Waals surface area contributed by atoms with E-state index < -0.39 is 16.9 Å². The third-order valence-electron chi connectivity index (χ3n) is 5.79. The summed E-state index contributed by atoms with van der Waals surface area (Å²) >= 11 is 0. The molecule has 26 heavy (non-hydrogen) atoms. The highest BCUT2D eigenvalue weighted by atomic mass is 16.5. The zero-order valence-corrected chi connectivity index (χ0v) is 15.7. The van der Waals surface area contributed by atoms with E-state index in [4.69, 9.17) is 9.15 Å². The van der Waals surface area contributed by atoms with Gasteiger partial charge in [-0.15, -0.1) is 0 Å². The second-order valence-corrected chi connectivity index (χ2v) is 9.43. The van der Waals surface area contributed by atoms with Crippen molar-refractivity contribution < 1.29 is 23.5 Å². The zero-order chi connectivity index (χ0) is 18.9. The van der Waals surface area contributed by atoms with E-state index in [2.05, 4.69) is 0 Å². The highest BCUT2D eigenvalue weighted by Gasteiger charge is 2.66. The van der Waals surface area contributed by atoms with E-state index in [-0.39, 0.29) is 35.6 Å². The van der Waals surface area contributed by atoms with Crippen LogP contribution >= 0.6 is 0 Å². The molecular formula is C21H24O5. The third-order valence-corrected chi connectivity index (χ3v) is 5.79. The number of allylic oxidation sites excluding steroid dienone is 1. The van der Waals surface area contributed by atoms with Crippen molar-refractivity contribution in [1.29, 1.82) is 0 Å². The molecule has 5 nitrogen and oxygen atoms in total. The second kappa shape index (κ2) is 5.18. The maximum atomic E-state index is 13.2. The van der Waals surface area contributed by atoms with Gasteiger partial charge in [0.15, 0.2) is 17.3 Å². The largest absolute Gasteiger partial charge is 0.474 e. The number of rotatable bonds is 1. The van der Waals surface area contributed by atoms with E-state index in [1.54, 1.807) is 12.1 Å². The zero-order valence-electron chi connectivity index (χ0n) is 15.7. The van der Waals surface area contributed by atoms with Crippen LogP contribution in [0.3, 0.4) is 0 Å². The summed E-state index contributed by atoms with van der Waals surface area (Å²) in [5.41, 5.74) is -1.84. The smallest absolute Gasteiger partial charge is 0.238 e. The molecule has 5 heteroatoms. The Morgan fingerprint density at radius 1 is 0.923 bits per heavy atom. The van der Waals surface area contributed by atoms with Gasteiger partial charge in [-0.1, -0.05) is 27.7 Å². The minimum absolute atomic E-state index is 0.0556. The van der Waals surface area contributed by atoms with Gasteiger partial charge in [0.25, 0.3) is 0 Å². The summed E-state index contributed by atoms with van der Waals surface area (Å²) in [5, 5.41) is 0. The number of Topliss-reactive ketones (excluding diaryl/α,β-unsaturated/α-hetero) is 3. The Kier molecular flexibility index (Phi) is 3.44. The summed E-state index contributed by atoms with van der Waals surface area (Å²) in [7, 11) is 0. The molecule has 1 spiro atoms. The van der Waals surface area contributed by atoms with Crippen LogP contribution in [0.4, 0.5) is 0 Å². The monoisotopic (exact) mass is 356 g/mol. The highest BCUT2D eigenvalue weighted by Crippen LogP contribution is 2.57. The van der Waals surface area contributed by atoms with Gasteiger partial charge < -0.3 is 9.15 Å². The summed E-state index contributed by atoms with van der Waals surface area (Å²) in [4.78, 5) is 39.4. The third kappa shape index (κ3) is 2.32. The van der Waals surface area contributed by atoms with Crippen LogP contribution in [0.2, 0.25) is 0 Å². The van der Waals surface area contributed by atoms with E-state index in [0.29, 0.717) is 29.9 Å². The molecule has 1 aliphatic heterocycles. The Bertz CT molecular complexity index is 818. The molecule has 0 N–H and O–H groups in total. The van der Waals surface area contributed by atoms with E-state index in [1.807, 2.05) is 27.7 Å².